The van der Waals surface area contributed by atoms with Gasteiger partial charge in [-0.3, -0.25) is 9.59 Å². The van der Waals surface area contributed by atoms with Gasteiger partial charge in [-0.05, 0) is 48.7 Å². The zero-order valence-electron chi connectivity index (χ0n) is 18.7. The van der Waals surface area contributed by atoms with Crippen molar-refractivity contribution >= 4 is 46.5 Å². The Hall–Kier alpha value is -3.98. The molecule has 1 N–H and O–H groups in total. The maximum atomic E-state index is 13.3. The maximum Gasteiger partial charge on any atom is 0.337 e. The number of nitrogens with one attached hydrogen (secondary N) is 1. The molecule has 0 radical (unpaired) electrons. The molecule has 0 bridgehead atoms. The molecule has 2 aromatic carbocycles. The fourth-order valence-corrected chi connectivity index (χ4v) is 4.45. The predicted molar refractivity (Wildman–Crippen MR) is 129 cm³/mol. The number of anilines is 2. The van der Waals surface area contributed by atoms with E-state index in [0.29, 0.717) is 11.4 Å². The summed E-state index contributed by atoms with van der Waals surface area (Å²) >= 11 is 1.47. The summed E-state index contributed by atoms with van der Waals surface area (Å²) in [5.41, 5.74) is 2.15. The van der Waals surface area contributed by atoms with Gasteiger partial charge in [-0.15, -0.1) is 11.3 Å². The SMILES string of the molecule is COC(=O)c1cccc(NC(=O)CC2C(=O)N(c3ccc(C)cc3)C(=O)N2Cc2cccs2)c1. The second-order valence-corrected chi connectivity index (χ2v) is 8.87. The summed E-state index contributed by atoms with van der Waals surface area (Å²) in [6.07, 6.45) is -0.221. The van der Waals surface area contributed by atoms with E-state index in [4.69, 9.17) is 4.74 Å². The lowest BCUT2D eigenvalue weighted by Crippen LogP contribution is -2.37. The molecule has 34 heavy (non-hydrogen) atoms. The van der Waals surface area contributed by atoms with Crippen LogP contribution < -0.4 is 10.2 Å². The van der Waals surface area contributed by atoms with Crippen LogP contribution in [0.2, 0.25) is 0 Å². The van der Waals surface area contributed by atoms with Crippen molar-refractivity contribution in [1.29, 1.82) is 0 Å². The van der Waals surface area contributed by atoms with Crippen molar-refractivity contribution in [3.63, 3.8) is 0 Å². The molecule has 2 heterocycles. The number of imide groups is 1. The molecule has 4 amide bonds. The summed E-state index contributed by atoms with van der Waals surface area (Å²) in [5, 5.41) is 4.61. The number of amides is 4. The Labute approximate surface area is 200 Å². The number of hydrogen-bond donors (Lipinski definition) is 1. The zero-order valence-corrected chi connectivity index (χ0v) is 19.5. The van der Waals surface area contributed by atoms with Crippen molar-refractivity contribution in [2.45, 2.75) is 25.9 Å². The Morgan fingerprint density at radius 1 is 1.06 bits per heavy atom. The lowest BCUT2D eigenvalue weighted by Gasteiger charge is -2.21. The molecular formula is C25H23N3O5S. The first kappa shape index (κ1) is 23.2. The van der Waals surface area contributed by atoms with E-state index in [-0.39, 0.29) is 18.5 Å². The van der Waals surface area contributed by atoms with E-state index >= 15 is 0 Å². The highest BCUT2D eigenvalue weighted by Gasteiger charge is 2.46. The van der Waals surface area contributed by atoms with Crippen LogP contribution in [0.4, 0.5) is 16.2 Å². The molecule has 9 heteroatoms. The predicted octanol–water partition coefficient (Wildman–Crippen LogP) is 4.21. The van der Waals surface area contributed by atoms with E-state index < -0.39 is 29.9 Å². The van der Waals surface area contributed by atoms with Gasteiger partial charge in [0.2, 0.25) is 5.91 Å². The summed E-state index contributed by atoms with van der Waals surface area (Å²) in [5.74, 6) is -1.43. The summed E-state index contributed by atoms with van der Waals surface area (Å²) in [7, 11) is 1.28. The summed E-state index contributed by atoms with van der Waals surface area (Å²) in [6.45, 7) is 2.14. The van der Waals surface area contributed by atoms with Gasteiger partial charge in [0.05, 0.1) is 31.3 Å². The fraction of sp³-hybridized carbons (Fsp3) is 0.200. The molecule has 3 aromatic rings. The van der Waals surface area contributed by atoms with Crippen molar-refractivity contribution < 1.29 is 23.9 Å². The van der Waals surface area contributed by atoms with Crippen molar-refractivity contribution in [2.24, 2.45) is 0 Å². The minimum absolute atomic E-state index is 0.221. The molecule has 1 fully saturated rings. The average Bonchev–Trinajstić information content (AvgIpc) is 3.42. The number of hydrogen-bond acceptors (Lipinski definition) is 6. The number of carbonyl (C=O) groups is 4. The molecule has 1 aromatic heterocycles. The number of nitrogens with zero attached hydrogens (tertiary/aromatic N) is 2. The maximum absolute atomic E-state index is 13.3. The quantitative estimate of drug-likeness (QED) is 0.406. The van der Waals surface area contributed by atoms with Gasteiger partial charge in [-0.25, -0.2) is 14.5 Å². The number of thiophene rings is 1. The monoisotopic (exact) mass is 477 g/mol. The van der Waals surface area contributed by atoms with Gasteiger partial charge in [0.25, 0.3) is 5.91 Å². The summed E-state index contributed by atoms with van der Waals surface area (Å²) in [4.78, 5) is 54.7. The molecule has 1 aliphatic heterocycles. The Morgan fingerprint density at radius 3 is 2.50 bits per heavy atom. The van der Waals surface area contributed by atoms with Gasteiger partial charge >= 0.3 is 12.0 Å². The Bertz CT molecular complexity index is 1220. The topological polar surface area (TPSA) is 96.0 Å². The number of ether oxygens (including phenoxy) is 1. The van der Waals surface area contributed by atoms with E-state index in [1.54, 1.807) is 30.3 Å². The minimum atomic E-state index is -0.959. The molecule has 1 unspecified atom stereocenters. The molecule has 174 valence electrons. The van der Waals surface area contributed by atoms with Crippen LogP contribution in [-0.2, 0) is 20.9 Å². The molecule has 4 rings (SSSR count). The second-order valence-electron chi connectivity index (χ2n) is 7.84. The van der Waals surface area contributed by atoms with E-state index in [2.05, 4.69) is 5.32 Å². The molecule has 1 atom stereocenters. The normalized spacial score (nSPS) is 15.5. The van der Waals surface area contributed by atoms with Crippen molar-refractivity contribution in [3.8, 4) is 0 Å². The van der Waals surface area contributed by atoms with Crippen molar-refractivity contribution in [2.75, 3.05) is 17.3 Å². The number of carbonyl (C=O) groups excluding carboxylic acids is 4. The number of methoxy groups -OCH3 is 1. The summed E-state index contributed by atoms with van der Waals surface area (Å²) < 4.78 is 4.71. The van der Waals surface area contributed by atoms with Gasteiger partial charge in [0.1, 0.15) is 6.04 Å². The van der Waals surface area contributed by atoms with Gasteiger partial charge in [0.15, 0.2) is 0 Å². The second kappa shape index (κ2) is 9.88. The standard InChI is InChI=1S/C25H23N3O5S/c1-16-8-10-19(11-9-16)28-23(30)21(27(25(28)32)15-20-7-4-12-34-20)14-22(29)26-18-6-3-5-17(13-18)24(31)33-2/h3-13,21H,14-15H2,1-2H3,(H,26,29). The first-order valence-corrected chi connectivity index (χ1v) is 11.5. The number of aryl methyl sites for hydroxylation is 1. The molecule has 0 saturated carbocycles. The van der Waals surface area contributed by atoms with E-state index in [1.807, 2.05) is 36.6 Å². The number of esters is 1. The molecule has 0 aliphatic carbocycles. The van der Waals surface area contributed by atoms with Gasteiger partial charge in [0, 0.05) is 10.6 Å². The van der Waals surface area contributed by atoms with Crippen LogP contribution in [-0.4, -0.2) is 41.9 Å². The van der Waals surface area contributed by atoms with Crippen LogP contribution in [0.3, 0.4) is 0 Å². The number of benzene rings is 2. The third kappa shape index (κ3) is 4.84. The number of urea groups is 1. The smallest absolute Gasteiger partial charge is 0.337 e. The Kier molecular flexibility index (Phi) is 6.74. The zero-order chi connectivity index (χ0) is 24.2. The van der Waals surface area contributed by atoms with Gasteiger partial charge in [-0.1, -0.05) is 29.8 Å². The van der Waals surface area contributed by atoms with Crippen LogP contribution in [0.15, 0.2) is 66.0 Å². The number of rotatable bonds is 7. The summed E-state index contributed by atoms with van der Waals surface area (Å²) in [6, 6.07) is 15.7. The highest BCUT2D eigenvalue weighted by molar-refractivity contribution is 7.09. The van der Waals surface area contributed by atoms with E-state index in [0.717, 1.165) is 15.3 Å². The van der Waals surface area contributed by atoms with Crippen LogP contribution in [0.25, 0.3) is 0 Å². The minimum Gasteiger partial charge on any atom is -0.465 e. The Balaban J connectivity index is 1.56. The highest BCUT2D eigenvalue weighted by Crippen LogP contribution is 2.29. The van der Waals surface area contributed by atoms with Gasteiger partial charge < -0.3 is 15.0 Å². The largest absolute Gasteiger partial charge is 0.465 e. The Morgan fingerprint density at radius 2 is 1.82 bits per heavy atom. The third-order valence-electron chi connectivity index (χ3n) is 5.46. The van der Waals surface area contributed by atoms with Crippen LogP contribution >= 0.6 is 11.3 Å². The van der Waals surface area contributed by atoms with Crippen molar-refractivity contribution in [1.82, 2.24) is 4.90 Å². The third-order valence-corrected chi connectivity index (χ3v) is 6.32. The highest BCUT2D eigenvalue weighted by atomic mass is 32.1. The van der Waals surface area contributed by atoms with E-state index in [1.165, 1.54) is 29.4 Å². The first-order chi connectivity index (χ1) is 16.4. The molecule has 1 saturated heterocycles. The van der Waals surface area contributed by atoms with Crippen LogP contribution in [0, 0.1) is 6.92 Å². The lowest BCUT2D eigenvalue weighted by atomic mass is 10.1. The lowest BCUT2D eigenvalue weighted by molar-refractivity contribution is -0.124. The molecule has 1 aliphatic rings. The molecule has 8 nitrogen and oxygen atoms in total. The molecule has 0 spiro atoms. The van der Waals surface area contributed by atoms with Crippen LogP contribution in [0.1, 0.15) is 27.2 Å². The van der Waals surface area contributed by atoms with E-state index in [9.17, 15) is 19.2 Å². The van der Waals surface area contributed by atoms with Crippen LogP contribution in [0.5, 0.6) is 0 Å². The van der Waals surface area contributed by atoms with Crippen molar-refractivity contribution in [3.05, 3.63) is 82.0 Å². The fourth-order valence-electron chi connectivity index (χ4n) is 3.75. The molecular weight excluding hydrogens is 454 g/mol. The average molecular weight is 478 g/mol. The first-order valence-electron chi connectivity index (χ1n) is 10.6. The van der Waals surface area contributed by atoms with Gasteiger partial charge in [-0.2, -0.15) is 0 Å².